The van der Waals surface area contributed by atoms with E-state index in [1.54, 1.807) is 7.11 Å². The van der Waals surface area contributed by atoms with Crippen molar-refractivity contribution in [3.05, 3.63) is 29.8 Å². The summed E-state index contributed by atoms with van der Waals surface area (Å²) in [5, 5.41) is 3.53. The van der Waals surface area contributed by atoms with Gasteiger partial charge < -0.3 is 15.0 Å². The molecule has 1 aromatic carbocycles. The molecule has 0 amide bonds. The van der Waals surface area contributed by atoms with Crippen molar-refractivity contribution in [1.82, 2.24) is 5.32 Å². The third-order valence-corrected chi connectivity index (χ3v) is 4.13. The first-order valence-electron chi connectivity index (χ1n) is 7.31. The van der Waals surface area contributed by atoms with Gasteiger partial charge in [-0.2, -0.15) is 0 Å². The highest BCUT2D eigenvalue weighted by Gasteiger charge is 2.17. The van der Waals surface area contributed by atoms with Gasteiger partial charge in [0.15, 0.2) is 0 Å². The molecule has 2 unspecified atom stereocenters. The van der Waals surface area contributed by atoms with E-state index in [1.807, 2.05) is 0 Å². The van der Waals surface area contributed by atoms with Gasteiger partial charge in [-0.15, -0.1) is 0 Å². The van der Waals surface area contributed by atoms with Crippen LogP contribution in [0.15, 0.2) is 24.3 Å². The smallest absolute Gasteiger partial charge is 0.0693 e. The predicted molar refractivity (Wildman–Crippen MR) is 80.9 cm³/mol. The van der Waals surface area contributed by atoms with Gasteiger partial charge in [0.1, 0.15) is 0 Å². The third-order valence-electron chi connectivity index (χ3n) is 4.13. The molecule has 0 aromatic heterocycles. The van der Waals surface area contributed by atoms with Gasteiger partial charge in [0, 0.05) is 31.9 Å². The number of hydrogen-bond acceptors (Lipinski definition) is 3. The molecule has 2 rings (SSSR count). The molecule has 19 heavy (non-hydrogen) atoms. The molecule has 0 bridgehead atoms. The van der Waals surface area contributed by atoms with Gasteiger partial charge in [-0.1, -0.05) is 18.2 Å². The fourth-order valence-electron chi connectivity index (χ4n) is 2.61. The highest BCUT2D eigenvalue weighted by molar-refractivity contribution is 5.57. The van der Waals surface area contributed by atoms with E-state index in [2.05, 4.69) is 48.3 Å². The van der Waals surface area contributed by atoms with E-state index in [0.717, 1.165) is 13.1 Å². The lowest BCUT2D eigenvalue weighted by Crippen LogP contribution is -2.38. The lowest BCUT2D eigenvalue weighted by atomic mass is 10.2. The molecular formula is C16H26N2O. The zero-order valence-electron chi connectivity index (χ0n) is 12.4. The lowest BCUT2D eigenvalue weighted by Gasteiger charge is -2.22. The first-order valence-corrected chi connectivity index (χ1v) is 7.31. The number of rotatable bonds is 7. The molecule has 0 saturated heterocycles. The topological polar surface area (TPSA) is 24.5 Å². The quantitative estimate of drug-likeness (QED) is 0.764. The zero-order chi connectivity index (χ0) is 13.7. The van der Waals surface area contributed by atoms with E-state index in [4.69, 9.17) is 4.74 Å². The van der Waals surface area contributed by atoms with Crippen LogP contribution in [0, 0.1) is 0 Å². The highest BCUT2D eigenvalue weighted by Crippen LogP contribution is 2.27. The van der Waals surface area contributed by atoms with E-state index in [0.29, 0.717) is 6.04 Å². The zero-order valence-corrected chi connectivity index (χ0v) is 12.4. The molecule has 3 nitrogen and oxygen atoms in total. The van der Waals surface area contributed by atoms with Crippen molar-refractivity contribution < 1.29 is 4.74 Å². The van der Waals surface area contributed by atoms with Crippen LogP contribution in [-0.2, 0) is 11.2 Å². The van der Waals surface area contributed by atoms with Gasteiger partial charge in [0.25, 0.3) is 0 Å². The molecule has 1 aliphatic rings. The Hall–Kier alpha value is -1.06. The minimum atomic E-state index is 0.271. The largest absolute Gasteiger partial charge is 0.380 e. The van der Waals surface area contributed by atoms with Crippen LogP contribution >= 0.6 is 0 Å². The maximum Gasteiger partial charge on any atom is 0.0693 e. The van der Waals surface area contributed by atoms with Crippen molar-refractivity contribution in [2.45, 2.75) is 38.8 Å². The van der Waals surface area contributed by atoms with Crippen LogP contribution in [0.5, 0.6) is 0 Å². The third kappa shape index (κ3) is 3.71. The summed E-state index contributed by atoms with van der Waals surface area (Å²) in [5.41, 5.74) is 2.93. The molecule has 106 valence electrons. The monoisotopic (exact) mass is 262 g/mol. The lowest BCUT2D eigenvalue weighted by molar-refractivity contribution is 0.0888. The number of anilines is 1. The summed E-state index contributed by atoms with van der Waals surface area (Å²) in [7, 11) is 1.77. The van der Waals surface area contributed by atoms with E-state index in [9.17, 15) is 0 Å². The number of nitrogens with one attached hydrogen (secondary N) is 1. The van der Waals surface area contributed by atoms with Gasteiger partial charge in [0.2, 0.25) is 0 Å². The Morgan fingerprint density at radius 1 is 1.32 bits per heavy atom. The summed E-state index contributed by atoms with van der Waals surface area (Å²) in [6, 6.07) is 9.17. The number of nitrogens with zero attached hydrogens (tertiary/aromatic N) is 1. The van der Waals surface area contributed by atoms with Gasteiger partial charge in [-0.3, -0.25) is 0 Å². The van der Waals surface area contributed by atoms with Crippen LogP contribution in [0.2, 0.25) is 0 Å². The standard InChI is InChI=1S/C16H26N2O/c1-13(14(2)19-3)17-10-6-11-18-12-9-15-7-4-5-8-16(15)18/h4-5,7-8,13-14,17H,6,9-12H2,1-3H3. The van der Waals surface area contributed by atoms with Crippen LogP contribution in [0.1, 0.15) is 25.8 Å². The van der Waals surface area contributed by atoms with Gasteiger partial charge in [0.05, 0.1) is 6.10 Å². The Morgan fingerprint density at radius 2 is 2.11 bits per heavy atom. The molecular weight excluding hydrogens is 236 g/mol. The van der Waals surface area contributed by atoms with Crippen LogP contribution in [0.25, 0.3) is 0 Å². The minimum absolute atomic E-state index is 0.271. The van der Waals surface area contributed by atoms with Crippen LogP contribution in [-0.4, -0.2) is 38.9 Å². The van der Waals surface area contributed by atoms with Crippen molar-refractivity contribution in [1.29, 1.82) is 0 Å². The molecule has 0 fully saturated rings. The summed E-state index contributed by atoms with van der Waals surface area (Å²) in [6.07, 6.45) is 2.64. The van der Waals surface area contributed by atoms with Crippen molar-refractivity contribution in [3.63, 3.8) is 0 Å². The Bertz CT molecular complexity index is 394. The van der Waals surface area contributed by atoms with Crippen molar-refractivity contribution in [3.8, 4) is 0 Å². The molecule has 1 aliphatic heterocycles. The summed E-state index contributed by atoms with van der Waals surface area (Å²) in [5.74, 6) is 0. The van der Waals surface area contributed by atoms with Gasteiger partial charge in [-0.05, 0) is 44.9 Å². The van der Waals surface area contributed by atoms with Crippen LogP contribution in [0.4, 0.5) is 5.69 Å². The molecule has 0 saturated carbocycles. The van der Waals surface area contributed by atoms with E-state index < -0.39 is 0 Å². The molecule has 2 atom stereocenters. The maximum atomic E-state index is 5.32. The summed E-state index contributed by atoms with van der Waals surface area (Å²) < 4.78 is 5.32. The van der Waals surface area contributed by atoms with Crippen molar-refractivity contribution in [2.75, 3.05) is 31.6 Å². The second-order valence-electron chi connectivity index (χ2n) is 5.40. The number of benzene rings is 1. The number of para-hydroxylation sites is 1. The van der Waals surface area contributed by atoms with Crippen LogP contribution in [0.3, 0.4) is 0 Å². The summed E-state index contributed by atoms with van der Waals surface area (Å²) in [4.78, 5) is 2.50. The SMILES string of the molecule is COC(C)C(C)NCCCN1CCc2ccccc21. The molecule has 1 heterocycles. The van der Waals surface area contributed by atoms with Crippen molar-refractivity contribution in [2.24, 2.45) is 0 Å². The number of methoxy groups -OCH3 is 1. The number of ether oxygens (including phenoxy) is 1. The Labute approximate surface area is 116 Å². The molecule has 0 aliphatic carbocycles. The minimum Gasteiger partial charge on any atom is -0.380 e. The molecule has 3 heteroatoms. The summed E-state index contributed by atoms with van der Waals surface area (Å²) >= 11 is 0. The van der Waals surface area contributed by atoms with Gasteiger partial charge in [-0.25, -0.2) is 0 Å². The van der Waals surface area contributed by atoms with Gasteiger partial charge >= 0.3 is 0 Å². The van der Waals surface area contributed by atoms with Crippen LogP contribution < -0.4 is 10.2 Å². The number of fused-ring (bicyclic) bond motifs is 1. The average molecular weight is 262 g/mol. The predicted octanol–water partition coefficient (Wildman–Crippen LogP) is 2.45. The molecule has 0 spiro atoms. The fourth-order valence-corrected chi connectivity index (χ4v) is 2.61. The van der Waals surface area contributed by atoms with Crippen molar-refractivity contribution >= 4 is 5.69 Å². The van der Waals surface area contributed by atoms with E-state index >= 15 is 0 Å². The van der Waals surface area contributed by atoms with E-state index in [1.165, 1.54) is 30.6 Å². The average Bonchev–Trinajstić information content (AvgIpc) is 2.86. The molecule has 1 aromatic rings. The maximum absolute atomic E-state index is 5.32. The highest BCUT2D eigenvalue weighted by atomic mass is 16.5. The number of hydrogen-bond donors (Lipinski definition) is 1. The molecule has 1 N–H and O–H groups in total. The molecule has 0 radical (unpaired) electrons. The summed E-state index contributed by atoms with van der Waals surface area (Å²) in [6.45, 7) is 7.64. The Kier molecular flexibility index (Phi) is 5.23. The fraction of sp³-hybridized carbons (Fsp3) is 0.625. The Morgan fingerprint density at radius 3 is 2.89 bits per heavy atom. The second-order valence-corrected chi connectivity index (χ2v) is 5.40. The second kappa shape index (κ2) is 6.92. The first kappa shape index (κ1) is 14.4. The first-order chi connectivity index (χ1) is 9.22. The normalized spacial score (nSPS) is 17.3. The van der Waals surface area contributed by atoms with E-state index in [-0.39, 0.29) is 6.10 Å². The Balaban J connectivity index is 1.70.